The smallest absolute Gasteiger partial charge is 0.369 e. The molecule has 3 heterocycles. The first kappa shape index (κ1) is 22.1. The maximum Gasteiger partial charge on any atom is 0.417 e. The van der Waals surface area contributed by atoms with Crippen molar-refractivity contribution in [1.82, 2.24) is 20.1 Å². The van der Waals surface area contributed by atoms with Crippen molar-refractivity contribution in [2.75, 3.05) is 18.0 Å². The zero-order chi connectivity index (χ0) is 22.1. The molecule has 0 saturated carbocycles. The predicted octanol–water partition coefficient (Wildman–Crippen LogP) is 3.04. The summed E-state index contributed by atoms with van der Waals surface area (Å²) in [6.45, 7) is 4.81. The second-order valence-electron chi connectivity index (χ2n) is 7.39. The number of piperidine rings is 1. The number of halogens is 4. The topological polar surface area (TPSA) is 80.1 Å². The van der Waals surface area contributed by atoms with Crippen molar-refractivity contribution in [3.05, 3.63) is 45.5 Å². The number of alkyl halides is 3. The van der Waals surface area contributed by atoms with Crippen LogP contribution in [0.5, 0.6) is 0 Å². The first-order valence-corrected chi connectivity index (χ1v) is 9.82. The van der Waals surface area contributed by atoms with Crippen LogP contribution in [-0.4, -0.2) is 39.8 Å². The summed E-state index contributed by atoms with van der Waals surface area (Å²) in [5, 5.41) is 6.94. The zero-order valence-corrected chi connectivity index (χ0v) is 17.2. The molecule has 7 nitrogen and oxygen atoms in total. The van der Waals surface area contributed by atoms with E-state index in [0.717, 1.165) is 16.8 Å². The second-order valence-corrected chi connectivity index (χ2v) is 7.77. The van der Waals surface area contributed by atoms with Gasteiger partial charge in [0.25, 0.3) is 5.56 Å². The van der Waals surface area contributed by atoms with E-state index in [2.05, 4.69) is 15.4 Å². The van der Waals surface area contributed by atoms with E-state index < -0.39 is 17.3 Å². The minimum atomic E-state index is -4.52. The Bertz CT molecular complexity index is 968. The highest BCUT2D eigenvalue weighted by atomic mass is 35.5. The lowest BCUT2D eigenvalue weighted by atomic mass is 10.0. The summed E-state index contributed by atoms with van der Waals surface area (Å²) in [5.74, 6) is -0.149. The molecule has 30 heavy (non-hydrogen) atoms. The molecule has 3 rings (SSSR count). The molecule has 0 bridgehead atoms. The van der Waals surface area contributed by atoms with Crippen molar-refractivity contribution in [2.45, 2.75) is 38.9 Å². The maximum absolute atomic E-state index is 12.7. The largest absolute Gasteiger partial charge is 0.417 e. The number of carbonyl (C=O) groups is 1. The van der Waals surface area contributed by atoms with Crippen LogP contribution in [0.25, 0.3) is 5.82 Å². The summed E-state index contributed by atoms with van der Waals surface area (Å²) in [4.78, 5) is 30.0. The van der Waals surface area contributed by atoms with E-state index in [1.807, 2.05) is 18.7 Å². The number of carbonyl (C=O) groups excluding carboxylic acids is 1. The van der Waals surface area contributed by atoms with Crippen LogP contribution in [0, 0.1) is 5.92 Å². The molecule has 0 aliphatic carbocycles. The highest BCUT2D eigenvalue weighted by molar-refractivity contribution is 6.33. The Morgan fingerprint density at radius 3 is 2.43 bits per heavy atom. The Morgan fingerprint density at radius 2 is 1.90 bits per heavy atom. The van der Waals surface area contributed by atoms with Crippen molar-refractivity contribution in [3.8, 4) is 5.82 Å². The van der Waals surface area contributed by atoms with Gasteiger partial charge in [0.05, 0.1) is 17.4 Å². The first-order valence-electron chi connectivity index (χ1n) is 9.44. The van der Waals surface area contributed by atoms with Crippen molar-refractivity contribution < 1.29 is 18.0 Å². The molecule has 0 aromatic carbocycles. The number of hydrogen-bond acceptors (Lipinski definition) is 5. The molecule has 1 saturated heterocycles. The average molecular weight is 444 g/mol. The number of aromatic nitrogens is 3. The molecule has 1 amide bonds. The molecule has 0 unspecified atom stereocenters. The Hall–Kier alpha value is -2.62. The van der Waals surface area contributed by atoms with Gasteiger partial charge in [0.2, 0.25) is 5.91 Å². The average Bonchev–Trinajstić information content (AvgIpc) is 2.70. The first-order chi connectivity index (χ1) is 14.1. The maximum atomic E-state index is 12.7. The Labute approximate surface area is 175 Å². The summed E-state index contributed by atoms with van der Waals surface area (Å²) in [6.07, 6.45) is -1.10. The van der Waals surface area contributed by atoms with Gasteiger partial charge in [0.15, 0.2) is 5.82 Å². The van der Waals surface area contributed by atoms with E-state index in [1.54, 1.807) is 0 Å². The van der Waals surface area contributed by atoms with Crippen molar-refractivity contribution in [3.63, 3.8) is 0 Å². The molecule has 1 N–H and O–H groups in total. The zero-order valence-electron chi connectivity index (χ0n) is 16.4. The van der Waals surface area contributed by atoms with E-state index in [9.17, 15) is 22.8 Å². The number of pyridine rings is 1. The van der Waals surface area contributed by atoms with Gasteiger partial charge >= 0.3 is 6.18 Å². The highest BCUT2D eigenvalue weighted by Crippen LogP contribution is 2.29. The number of hydrogen-bond donors (Lipinski definition) is 1. The molecule has 0 atom stereocenters. The molecular weight excluding hydrogens is 423 g/mol. The van der Waals surface area contributed by atoms with Crippen LogP contribution >= 0.6 is 11.6 Å². The van der Waals surface area contributed by atoms with E-state index >= 15 is 0 Å². The fraction of sp³-hybridized carbons (Fsp3) is 0.474. The van der Waals surface area contributed by atoms with Gasteiger partial charge in [-0.25, -0.2) is 4.98 Å². The molecular formula is C19H21ClF3N5O2. The lowest BCUT2D eigenvalue weighted by Crippen LogP contribution is -2.46. The summed E-state index contributed by atoms with van der Waals surface area (Å²) in [5.41, 5.74) is -1.15. The summed E-state index contributed by atoms with van der Waals surface area (Å²) in [7, 11) is 0. The monoisotopic (exact) mass is 443 g/mol. The number of rotatable bonds is 4. The standard InChI is InChI=1S/C19H21ClF3N5O2/c1-11(2)17(29)26-13-5-7-27(8-6-13)14-10-25-28(18(30)16(14)20)15-4-3-12(9-24-15)19(21,22)23/h3-4,9-11,13H,5-8H2,1-2H3,(H,26,29). The fourth-order valence-electron chi connectivity index (χ4n) is 3.12. The van der Waals surface area contributed by atoms with Crippen LogP contribution in [0.15, 0.2) is 29.3 Å². The molecule has 2 aromatic rings. The number of amides is 1. The van der Waals surface area contributed by atoms with E-state index in [0.29, 0.717) is 37.8 Å². The van der Waals surface area contributed by atoms with Gasteiger partial charge in [-0.15, -0.1) is 0 Å². The third-order valence-electron chi connectivity index (χ3n) is 4.90. The van der Waals surface area contributed by atoms with Gasteiger partial charge in [-0.1, -0.05) is 25.4 Å². The van der Waals surface area contributed by atoms with Gasteiger partial charge in [-0.3, -0.25) is 9.59 Å². The Morgan fingerprint density at radius 1 is 1.23 bits per heavy atom. The molecule has 11 heteroatoms. The lowest BCUT2D eigenvalue weighted by Gasteiger charge is -2.34. The van der Waals surface area contributed by atoms with E-state index in [4.69, 9.17) is 11.6 Å². The number of anilines is 1. The van der Waals surface area contributed by atoms with Crippen LogP contribution in [0.1, 0.15) is 32.3 Å². The van der Waals surface area contributed by atoms with E-state index in [-0.39, 0.29) is 28.7 Å². The fourth-order valence-corrected chi connectivity index (χ4v) is 3.37. The third kappa shape index (κ3) is 4.75. The molecule has 1 aliphatic heterocycles. The summed E-state index contributed by atoms with van der Waals surface area (Å²) >= 11 is 6.26. The minimum absolute atomic E-state index is 0.000196. The number of nitrogens with zero attached hydrogens (tertiary/aromatic N) is 4. The normalized spacial score (nSPS) is 15.5. The predicted molar refractivity (Wildman–Crippen MR) is 106 cm³/mol. The van der Waals surface area contributed by atoms with Crippen molar-refractivity contribution in [1.29, 1.82) is 0 Å². The van der Waals surface area contributed by atoms with Crippen molar-refractivity contribution >= 4 is 23.2 Å². The lowest BCUT2D eigenvalue weighted by molar-refractivity contribution is -0.137. The summed E-state index contributed by atoms with van der Waals surface area (Å²) < 4.78 is 38.9. The molecule has 1 aliphatic rings. The second kappa shape index (κ2) is 8.63. The Balaban J connectivity index is 1.74. The summed E-state index contributed by atoms with van der Waals surface area (Å²) in [6, 6.07) is 1.95. The van der Waals surface area contributed by atoms with Crippen LogP contribution in [-0.2, 0) is 11.0 Å². The van der Waals surface area contributed by atoms with Crippen molar-refractivity contribution in [2.24, 2.45) is 5.92 Å². The molecule has 0 radical (unpaired) electrons. The molecule has 162 valence electrons. The van der Waals surface area contributed by atoms with Crippen LogP contribution < -0.4 is 15.8 Å². The van der Waals surface area contributed by atoms with Gasteiger partial charge in [-0.2, -0.15) is 23.0 Å². The van der Waals surface area contributed by atoms with Crippen LogP contribution in [0.2, 0.25) is 5.02 Å². The van der Waals surface area contributed by atoms with Crippen LogP contribution in [0.3, 0.4) is 0 Å². The van der Waals surface area contributed by atoms with E-state index in [1.165, 1.54) is 6.20 Å². The highest BCUT2D eigenvalue weighted by Gasteiger charge is 2.31. The van der Waals surface area contributed by atoms with Gasteiger partial charge < -0.3 is 10.2 Å². The number of nitrogens with one attached hydrogen (secondary N) is 1. The molecule has 2 aromatic heterocycles. The third-order valence-corrected chi connectivity index (χ3v) is 5.25. The quantitative estimate of drug-likeness (QED) is 0.785. The SMILES string of the molecule is CC(C)C(=O)NC1CCN(c2cnn(-c3ccc(C(F)(F)F)cn3)c(=O)c2Cl)CC1. The minimum Gasteiger partial charge on any atom is -0.369 e. The van der Waals surface area contributed by atoms with Crippen LogP contribution in [0.4, 0.5) is 18.9 Å². The Kier molecular flexibility index (Phi) is 6.35. The van der Waals surface area contributed by atoms with Gasteiger partial charge in [-0.05, 0) is 25.0 Å². The van der Waals surface area contributed by atoms with Gasteiger partial charge in [0.1, 0.15) is 5.02 Å². The molecule has 0 spiro atoms. The van der Waals surface area contributed by atoms with Gasteiger partial charge in [0, 0.05) is 31.2 Å². The molecule has 1 fully saturated rings.